The first-order valence-corrected chi connectivity index (χ1v) is 7.99. The van der Waals surface area contributed by atoms with E-state index < -0.39 is 10.0 Å². The smallest absolute Gasteiger partial charge is 0.250 e. The van der Waals surface area contributed by atoms with Gasteiger partial charge in [0.25, 0.3) is 0 Å². The van der Waals surface area contributed by atoms with Crippen molar-refractivity contribution in [2.24, 2.45) is 0 Å². The number of hydrogen-bond acceptors (Lipinski definition) is 5. The molecule has 104 valence electrons. The molecule has 0 bridgehead atoms. The molecule has 1 aromatic heterocycles. The van der Waals surface area contributed by atoms with Crippen molar-refractivity contribution in [3.05, 3.63) is 17.0 Å². The van der Waals surface area contributed by atoms with E-state index in [1.54, 1.807) is 19.2 Å². The van der Waals surface area contributed by atoms with Crippen LogP contribution in [0.3, 0.4) is 0 Å². The molecule has 0 spiro atoms. The second kappa shape index (κ2) is 7.85. The topological polar surface area (TPSA) is 64.6 Å². The maximum atomic E-state index is 11.8. The van der Waals surface area contributed by atoms with Crippen molar-refractivity contribution in [1.82, 2.24) is 4.72 Å². The summed E-state index contributed by atoms with van der Waals surface area (Å²) >= 11 is 1.27. The molecule has 0 saturated heterocycles. The molecule has 1 N–H and O–H groups in total. The quantitative estimate of drug-likeness (QED) is 0.699. The summed E-state index contributed by atoms with van der Waals surface area (Å²) in [6.07, 6.45) is 0.646. The molecule has 18 heavy (non-hydrogen) atoms. The molecule has 0 aromatic carbocycles. The van der Waals surface area contributed by atoms with E-state index >= 15 is 0 Å². The minimum absolute atomic E-state index is 0.361. The van der Waals surface area contributed by atoms with Crippen LogP contribution in [0.25, 0.3) is 0 Å². The molecule has 0 radical (unpaired) electrons. The minimum Gasteiger partial charge on any atom is -0.382 e. The molecule has 7 heteroatoms. The Bertz CT molecular complexity index is 442. The Kier molecular flexibility index (Phi) is 6.80. The molecule has 0 aliphatic rings. The SMILES string of the molecule is COCCOCCCNS(=O)(=O)c1ccc(C)s1. The van der Waals surface area contributed by atoms with Crippen LogP contribution >= 0.6 is 11.3 Å². The first-order chi connectivity index (χ1) is 8.56. The van der Waals surface area contributed by atoms with Gasteiger partial charge in [-0.1, -0.05) is 0 Å². The summed E-state index contributed by atoms with van der Waals surface area (Å²) in [7, 11) is -1.74. The molecule has 1 heterocycles. The van der Waals surface area contributed by atoms with E-state index in [4.69, 9.17) is 9.47 Å². The van der Waals surface area contributed by atoms with Gasteiger partial charge in [-0.05, 0) is 25.5 Å². The normalized spacial score (nSPS) is 11.9. The largest absolute Gasteiger partial charge is 0.382 e. The Labute approximate surface area is 112 Å². The average Bonchev–Trinajstić information content (AvgIpc) is 2.75. The zero-order chi connectivity index (χ0) is 13.4. The number of hydrogen-bond donors (Lipinski definition) is 1. The predicted octanol–water partition coefficient (Wildman–Crippen LogP) is 1.39. The van der Waals surface area contributed by atoms with Gasteiger partial charge in [-0.2, -0.15) is 0 Å². The van der Waals surface area contributed by atoms with Crippen LogP contribution in [-0.4, -0.2) is 41.9 Å². The minimum atomic E-state index is -3.35. The Morgan fingerprint density at radius 1 is 1.28 bits per heavy atom. The molecule has 0 saturated carbocycles. The summed E-state index contributed by atoms with van der Waals surface area (Å²) in [6, 6.07) is 3.42. The monoisotopic (exact) mass is 293 g/mol. The number of nitrogens with one attached hydrogen (secondary N) is 1. The van der Waals surface area contributed by atoms with Crippen LogP contribution in [0, 0.1) is 6.92 Å². The molecule has 5 nitrogen and oxygen atoms in total. The molecule has 0 amide bonds. The Morgan fingerprint density at radius 2 is 2.06 bits per heavy atom. The van der Waals surface area contributed by atoms with E-state index in [9.17, 15) is 8.42 Å². The van der Waals surface area contributed by atoms with E-state index in [0.29, 0.717) is 37.0 Å². The first kappa shape index (κ1) is 15.6. The number of aryl methyl sites for hydroxylation is 1. The number of ether oxygens (including phenoxy) is 2. The van der Waals surface area contributed by atoms with Gasteiger partial charge in [0, 0.05) is 25.1 Å². The summed E-state index contributed by atoms with van der Waals surface area (Å²) in [4.78, 5) is 0.985. The first-order valence-electron chi connectivity index (χ1n) is 5.69. The molecule has 0 atom stereocenters. The van der Waals surface area contributed by atoms with Crippen molar-refractivity contribution < 1.29 is 17.9 Å². The van der Waals surface area contributed by atoms with Crippen LogP contribution in [0.2, 0.25) is 0 Å². The molecular formula is C11H19NO4S2. The number of rotatable bonds is 9. The Morgan fingerprint density at radius 3 is 2.67 bits per heavy atom. The van der Waals surface area contributed by atoms with Gasteiger partial charge in [0.15, 0.2) is 0 Å². The summed E-state index contributed by atoms with van der Waals surface area (Å²) in [5, 5.41) is 0. The van der Waals surface area contributed by atoms with Crippen molar-refractivity contribution in [2.45, 2.75) is 17.6 Å². The van der Waals surface area contributed by atoms with Gasteiger partial charge in [0.05, 0.1) is 13.2 Å². The fraction of sp³-hybridized carbons (Fsp3) is 0.636. The summed E-state index contributed by atoms with van der Waals surface area (Å²) in [6.45, 7) is 3.88. The molecule has 1 rings (SSSR count). The van der Waals surface area contributed by atoms with Crippen molar-refractivity contribution >= 4 is 21.4 Å². The molecule has 0 unspecified atom stereocenters. The Hall–Kier alpha value is -0.470. The van der Waals surface area contributed by atoms with Gasteiger partial charge >= 0.3 is 0 Å². The lowest BCUT2D eigenvalue weighted by Crippen LogP contribution is -2.25. The molecule has 0 aliphatic carbocycles. The van der Waals surface area contributed by atoms with E-state index in [0.717, 1.165) is 4.88 Å². The molecule has 1 aromatic rings. The lowest BCUT2D eigenvalue weighted by molar-refractivity contribution is 0.0699. The number of methoxy groups -OCH3 is 1. The molecule has 0 aliphatic heterocycles. The highest BCUT2D eigenvalue weighted by Crippen LogP contribution is 2.19. The van der Waals surface area contributed by atoms with E-state index in [1.165, 1.54) is 11.3 Å². The highest BCUT2D eigenvalue weighted by atomic mass is 32.2. The maximum Gasteiger partial charge on any atom is 0.250 e. The van der Waals surface area contributed by atoms with Gasteiger partial charge in [-0.15, -0.1) is 11.3 Å². The van der Waals surface area contributed by atoms with Gasteiger partial charge in [0.1, 0.15) is 4.21 Å². The summed E-state index contributed by atoms with van der Waals surface area (Å²) in [5.74, 6) is 0. The third-order valence-corrected chi connectivity index (χ3v) is 5.12. The number of thiophene rings is 1. The predicted molar refractivity (Wildman–Crippen MR) is 71.6 cm³/mol. The van der Waals surface area contributed by atoms with Crippen molar-refractivity contribution in [2.75, 3.05) is 33.5 Å². The van der Waals surface area contributed by atoms with Crippen LogP contribution in [0.15, 0.2) is 16.3 Å². The zero-order valence-corrected chi connectivity index (χ0v) is 12.3. The second-order valence-corrected chi connectivity index (χ2v) is 7.00. The van der Waals surface area contributed by atoms with Crippen LogP contribution in [0.1, 0.15) is 11.3 Å². The van der Waals surface area contributed by atoms with Crippen LogP contribution < -0.4 is 4.72 Å². The van der Waals surface area contributed by atoms with Gasteiger partial charge in [0.2, 0.25) is 10.0 Å². The van der Waals surface area contributed by atoms with E-state index in [2.05, 4.69) is 4.72 Å². The number of sulfonamides is 1. The summed E-state index contributed by atoms with van der Waals surface area (Å²) in [5.41, 5.74) is 0. The van der Waals surface area contributed by atoms with E-state index in [1.807, 2.05) is 6.92 Å². The van der Waals surface area contributed by atoms with E-state index in [-0.39, 0.29) is 0 Å². The van der Waals surface area contributed by atoms with Gasteiger partial charge in [-0.25, -0.2) is 13.1 Å². The average molecular weight is 293 g/mol. The lowest BCUT2D eigenvalue weighted by atomic mass is 10.5. The molecular weight excluding hydrogens is 274 g/mol. The lowest BCUT2D eigenvalue weighted by Gasteiger charge is -2.05. The van der Waals surface area contributed by atoms with Crippen molar-refractivity contribution in [1.29, 1.82) is 0 Å². The highest BCUT2D eigenvalue weighted by molar-refractivity contribution is 7.91. The van der Waals surface area contributed by atoms with Crippen LogP contribution in [0.4, 0.5) is 0 Å². The Balaban J connectivity index is 2.22. The van der Waals surface area contributed by atoms with Crippen molar-refractivity contribution in [3.8, 4) is 0 Å². The highest BCUT2D eigenvalue weighted by Gasteiger charge is 2.14. The van der Waals surface area contributed by atoms with Gasteiger partial charge < -0.3 is 9.47 Å². The zero-order valence-electron chi connectivity index (χ0n) is 10.6. The van der Waals surface area contributed by atoms with Crippen LogP contribution in [0.5, 0.6) is 0 Å². The van der Waals surface area contributed by atoms with Gasteiger partial charge in [-0.3, -0.25) is 0 Å². The third-order valence-electron chi connectivity index (χ3n) is 2.17. The summed E-state index contributed by atoms with van der Waals surface area (Å²) < 4.78 is 36.6. The fourth-order valence-corrected chi connectivity index (χ4v) is 3.65. The third kappa shape index (κ3) is 5.45. The fourth-order valence-electron chi connectivity index (χ4n) is 1.25. The standard InChI is InChI=1S/C11H19NO4S2/c1-10-4-5-11(17-10)18(13,14)12-6-3-7-16-9-8-15-2/h4-5,12H,3,6-9H2,1-2H3. The maximum absolute atomic E-state index is 11.8. The second-order valence-electron chi connectivity index (χ2n) is 3.72. The van der Waals surface area contributed by atoms with Crippen molar-refractivity contribution in [3.63, 3.8) is 0 Å². The van der Waals surface area contributed by atoms with Crippen LogP contribution in [-0.2, 0) is 19.5 Å². The molecule has 0 fully saturated rings.